The van der Waals surface area contributed by atoms with E-state index in [0.29, 0.717) is 43.2 Å². The fraction of sp³-hybridized carbons (Fsp3) is 0.958. The van der Waals surface area contributed by atoms with Gasteiger partial charge in [-0.3, -0.25) is 4.79 Å². The van der Waals surface area contributed by atoms with Crippen molar-refractivity contribution in [3.05, 3.63) is 0 Å². The first-order valence-electron chi connectivity index (χ1n) is 12.8. The average molecular weight is 475 g/mol. The minimum atomic E-state index is -2.89. The summed E-state index contributed by atoms with van der Waals surface area (Å²) in [6, 6.07) is 2.62. The normalized spacial score (nSPS) is 17.4. The Bertz CT molecular complexity index is 479. The van der Waals surface area contributed by atoms with Gasteiger partial charge < -0.3 is 17.7 Å². The Labute approximate surface area is 194 Å². The van der Waals surface area contributed by atoms with Crippen LogP contribution in [0.1, 0.15) is 87.5 Å². The van der Waals surface area contributed by atoms with E-state index in [4.69, 9.17) is 17.7 Å². The monoisotopic (exact) mass is 474 g/mol. The van der Waals surface area contributed by atoms with Gasteiger partial charge in [0.25, 0.3) is 14.3 Å². The lowest BCUT2D eigenvalue weighted by Gasteiger charge is -2.42. The number of hydrogen-bond acceptors (Lipinski definition) is 5. The van der Waals surface area contributed by atoms with E-state index in [9.17, 15) is 4.79 Å². The van der Waals surface area contributed by atoms with Gasteiger partial charge >= 0.3 is 8.80 Å². The van der Waals surface area contributed by atoms with Crippen LogP contribution >= 0.6 is 0 Å². The van der Waals surface area contributed by atoms with Crippen molar-refractivity contribution in [2.45, 2.75) is 111 Å². The van der Waals surface area contributed by atoms with Gasteiger partial charge in [0.05, 0.1) is 5.92 Å². The van der Waals surface area contributed by atoms with E-state index in [-0.39, 0.29) is 11.9 Å². The van der Waals surface area contributed by atoms with Crippen LogP contribution in [0.2, 0.25) is 23.7 Å². The minimum absolute atomic E-state index is 0.0606. The van der Waals surface area contributed by atoms with Crippen molar-refractivity contribution < 1.29 is 22.5 Å². The fourth-order valence-corrected chi connectivity index (χ4v) is 14.1. The van der Waals surface area contributed by atoms with Crippen LogP contribution in [-0.2, 0) is 22.5 Å². The Kier molecular flexibility index (Phi) is 13.1. The summed E-state index contributed by atoms with van der Waals surface area (Å²) in [6.07, 6.45) is 6.32. The molecule has 1 atom stereocenters. The molecular weight excluding hydrogens is 424 g/mol. The molecule has 5 nitrogen and oxygen atoms in total. The number of rotatable bonds is 15. The third-order valence-corrected chi connectivity index (χ3v) is 15.2. The highest BCUT2D eigenvalue weighted by Gasteiger charge is 2.49. The van der Waals surface area contributed by atoms with Gasteiger partial charge in [-0.25, -0.2) is 0 Å². The highest BCUT2D eigenvalue weighted by Crippen LogP contribution is 2.45. The van der Waals surface area contributed by atoms with Gasteiger partial charge in [-0.15, -0.1) is 0 Å². The highest BCUT2D eigenvalue weighted by molar-refractivity contribution is 6.76. The lowest BCUT2D eigenvalue weighted by Crippen LogP contribution is -2.51. The molecule has 1 aliphatic carbocycles. The third-order valence-electron chi connectivity index (χ3n) is 6.21. The quantitative estimate of drug-likeness (QED) is 0.244. The third kappa shape index (κ3) is 9.28. The molecule has 0 N–H and O–H groups in total. The minimum Gasteiger partial charge on any atom is -0.519 e. The van der Waals surface area contributed by atoms with Crippen LogP contribution in [0.25, 0.3) is 0 Å². The van der Waals surface area contributed by atoms with E-state index in [1.165, 1.54) is 32.1 Å². The van der Waals surface area contributed by atoms with E-state index in [1.807, 2.05) is 27.7 Å². The van der Waals surface area contributed by atoms with Crippen LogP contribution in [0, 0.1) is 17.8 Å². The molecule has 0 spiro atoms. The molecule has 1 fully saturated rings. The van der Waals surface area contributed by atoms with Crippen LogP contribution in [0.15, 0.2) is 0 Å². The van der Waals surface area contributed by atoms with Crippen molar-refractivity contribution in [3.63, 3.8) is 0 Å². The van der Waals surface area contributed by atoms with Crippen LogP contribution in [0.3, 0.4) is 0 Å². The largest absolute Gasteiger partial charge is 0.519 e. The maximum Gasteiger partial charge on any atom is 0.501 e. The first kappa shape index (κ1) is 28.8. The summed E-state index contributed by atoms with van der Waals surface area (Å²) >= 11 is 0. The molecule has 1 unspecified atom stereocenters. The molecule has 1 rings (SSSR count). The molecule has 0 aromatic rings. The van der Waals surface area contributed by atoms with Crippen molar-refractivity contribution in [1.82, 2.24) is 0 Å². The van der Waals surface area contributed by atoms with Crippen molar-refractivity contribution in [3.8, 4) is 0 Å². The molecule has 31 heavy (non-hydrogen) atoms. The maximum atomic E-state index is 13.5. The first-order valence-corrected chi connectivity index (χ1v) is 17.1. The molecule has 0 aromatic carbocycles. The molecule has 0 heterocycles. The van der Waals surface area contributed by atoms with E-state index in [1.54, 1.807) is 0 Å². The molecule has 1 aliphatic rings. The van der Waals surface area contributed by atoms with E-state index >= 15 is 0 Å². The fourth-order valence-electron chi connectivity index (χ4n) is 5.31. The van der Waals surface area contributed by atoms with Crippen molar-refractivity contribution in [1.29, 1.82) is 0 Å². The summed E-state index contributed by atoms with van der Waals surface area (Å²) in [5.74, 6) is 0.735. The summed E-state index contributed by atoms with van der Waals surface area (Å²) in [6.45, 7) is 18.5. The second-order valence-corrected chi connectivity index (χ2v) is 16.7. The molecule has 1 saturated carbocycles. The molecule has 0 saturated heterocycles. The van der Waals surface area contributed by atoms with Crippen LogP contribution in [-0.4, -0.2) is 42.9 Å². The van der Waals surface area contributed by atoms with Crippen LogP contribution in [0.5, 0.6) is 0 Å². The van der Waals surface area contributed by atoms with Crippen molar-refractivity contribution in [2.24, 2.45) is 17.8 Å². The zero-order chi connectivity index (χ0) is 23.5. The number of hydrogen-bond donors (Lipinski definition) is 0. The summed E-state index contributed by atoms with van der Waals surface area (Å²) in [5, 5.41) is 0. The van der Waals surface area contributed by atoms with Crippen molar-refractivity contribution >= 4 is 23.1 Å². The predicted molar refractivity (Wildman–Crippen MR) is 133 cm³/mol. The summed E-state index contributed by atoms with van der Waals surface area (Å²) in [7, 11) is -5.12. The highest BCUT2D eigenvalue weighted by atomic mass is 28.4. The van der Waals surface area contributed by atoms with Gasteiger partial charge in [0.2, 0.25) is 0 Å². The van der Waals surface area contributed by atoms with Gasteiger partial charge in [-0.1, -0.05) is 53.9 Å². The topological polar surface area (TPSA) is 54.0 Å². The smallest absolute Gasteiger partial charge is 0.501 e. The summed E-state index contributed by atoms with van der Waals surface area (Å²) in [4.78, 5) is 13.5. The van der Waals surface area contributed by atoms with E-state index in [0.717, 1.165) is 12.1 Å². The Hall–Kier alpha value is -0.216. The Balaban J connectivity index is 3.11. The molecule has 0 radical (unpaired) electrons. The van der Waals surface area contributed by atoms with Crippen LogP contribution in [0.4, 0.5) is 0 Å². The molecule has 0 aliphatic heterocycles. The summed E-state index contributed by atoms with van der Waals surface area (Å²) < 4.78 is 24.7. The SMILES string of the molecule is CCO[Si](CC(C)C(=O)O[Si](CC(C)C)(CC(C)C)C1CCCCC1)(OCC)OCC. The van der Waals surface area contributed by atoms with Crippen LogP contribution < -0.4 is 0 Å². The predicted octanol–water partition coefficient (Wildman–Crippen LogP) is 6.81. The van der Waals surface area contributed by atoms with Gasteiger partial charge in [0.15, 0.2) is 0 Å². The Morgan fingerprint density at radius 1 is 0.774 bits per heavy atom. The van der Waals surface area contributed by atoms with Gasteiger partial charge in [-0.05, 0) is 63.1 Å². The average Bonchev–Trinajstić information content (AvgIpc) is 2.68. The lowest BCUT2D eigenvalue weighted by molar-refractivity contribution is -0.139. The zero-order valence-electron chi connectivity index (χ0n) is 21.6. The summed E-state index contributed by atoms with van der Waals surface area (Å²) in [5.41, 5.74) is 0.592. The van der Waals surface area contributed by atoms with Gasteiger partial charge in [-0.2, -0.15) is 0 Å². The molecular formula is C24H50O5Si2. The number of carbonyl (C=O) groups excluding carboxylic acids is 1. The molecule has 184 valence electrons. The second kappa shape index (κ2) is 14.1. The molecule has 0 bridgehead atoms. The van der Waals surface area contributed by atoms with E-state index < -0.39 is 17.1 Å². The lowest BCUT2D eigenvalue weighted by atomic mass is 10.0. The van der Waals surface area contributed by atoms with Crippen molar-refractivity contribution in [2.75, 3.05) is 19.8 Å². The maximum absolute atomic E-state index is 13.5. The number of carbonyl (C=O) groups is 1. The Morgan fingerprint density at radius 3 is 1.61 bits per heavy atom. The van der Waals surface area contributed by atoms with Gasteiger partial charge in [0, 0.05) is 25.9 Å². The second-order valence-electron chi connectivity index (χ2n) is 10.1. The molecule has 7 heteroatoms. The standard InChI is InChI=1S/C24H50O5Si2/c1-9-26-31(27-10-2,28-11-3)19-22(8)24(25)29-30(17-20(4)5,18-21(6)7)23-15-13-12-14-16-23/h20-23H,9-19H2,1-8H3. The molecule has 0 amide bonds. The Morgan fingerprint density at radius 2 is 1.23 bits per heavy atom. The first-order chi connectivity index (χ1) is 14.6. The van der Waals surface area contributed by atoms with E-state index in [2.05, 4.69) is 27.7 Å². The van der Waals surface area contributed by atoms with Gasteiger partial charge in [0.1, 0.15) is 0 Å². The molecule has 0 aromatic heterocycles. The zero-order valence-corrected chi connectivity index (χ0v) is 23.6.